The predicted octanol–water partition coefficient (Wildman–Crippen LogP) is 0.509. The molecule has 18 heavy (non-hydrogen) atoms. The SMILES string of the molecule is CCCN(CC(=O)OCC)C(=O)C1CC1C(=O)O. The minimum Gasteiger partial charge on any atom is -0.481 e. The third-order valence-electron chi connectivity index (χ3n) is 2.86. The normalized spacial score (nSPS) is 21.2. The maximum Gasteiger partial charge on any atom is 0.325 e. The van der Waals surface area contributed by atoms with Crippen molar-refractivity contribution in [2.24, 2.45) is 11.8 Å². The van der Waals surface area contributed by atoms with Crippen LogP contribution >= 0.6 is 0 Å². The van der Waals surface area contributed by atoms with Crippen LogP contribution in [-0.4, -0.2) is 47.5 Å². The number of hydrogen-bond acceptors (Lipinski definition) is 4. The zero-order valence-corrected chi connectivity index (χ0v) is 10.7. The molecule has 1 saturated carbocycles. The van der Waals surface area contributed by atoms with Gasteiger partial charge in [-0.1, -0.05) is 6.92 Å². The molecular weight excluding hydrogens is 238 g/mol. The van der Waals surface area contributed by atoms with Crippen molar-refractivity contribution in [3.8, 4) is 0 Å². The van der Waals surface area contributed by atoms with Gasteiger partial charge in [0.1, 0.15) is 6.54 Å². The van der Waals surface area contributed by atoms with Crippen molar-refractivity contribution < 1.29 is 24.2 Å². The third kappa shape index (κ3) is 3.72. The van der Waals surface area contributed by atoms with Crippen LogP contribution in [0.4, 0.5) is 0 Å². The van der Waals surface area contributed by atoms with E-state index in [0.717, 1.165) is 6.42 Å². The number of hydrogen-bond donors (Lipinski definition) is 1. The Morgan fingerprint density at radius 2 is 1.94 bits per heavy atom. The molecule has 0 spiro atoms. The molecule has 1 fully saturated rings. The molecule has 1 aliphatic rings. The number of carbonyl (C=O) groups is 3. The number of esters is 1. The van der Waals surface area contributed by atoms with Crippen LogP contribution in [0.25, 0.3) is 0 Å². The van der Waals surface area contributed by atoms with Gasteiger partial charge < -0.3 is 14.7 Å². The lowest BCUT2D eigenvalue weighted by Crippen LogP contribution is -2.38. The molecule has 0 aromatic rings. The van der Waals surface area contributed by atoms with E-state index in [0.29, 0.717) is 13.0 Å². The fourth-order valence-corrected chi connectivity index (χ4v) is 1.87. The van der Waals surface area contributed by atoms with Gasteiger partial charge in [0.05, 0.1) is 18.4 Å². The van der Waals surface area contributed by atoms with Gasteiger partial charge in [-0.15, -0.1) is 0 Å². The Hall–Kier alpha value is -1.59. The Morgan fingerprint density at radius 1 is 1.28 bits per heavy atom. The van der Waals surface area contributed by atoms with E-state index in [-0.39, 0.29) is 19.1 Å². The highest BCUT2D eigenvalue weighted by Crippen LogP contribution is 2.40. The number of carboxylic acid groups (broad SMARTS) is 1. The lowest BCUT2D eigenvalue weighted by atomic mass is 10.2. The van der Waals surface area contributed by atoms with Crippen LogP contribution in [0.2, 0.25) is 0 Å². The first-order valence-electron chi connectivity index (χ1n) is 6.18. The van der Waals surface area contributed by atoms with Crippen molar-refractivity contribution in [1.29, 1.82) is 0 Å². The number of ether oxygens (including phenoxy) is 1. The summed E-state index contributed by atoms with van der Waals surface area (Å²) >= 11 is 0. The van der Waals surface area contributed by atoms with Gasteiger partial charge in [-0.05, 0) is 19.8 Å². The molecule has 102 valence electrons. The summed E-state index contributed by atoms with van der Waals surface area (Å²) in [6.45, 7) is 4.22. The number of carboxylic acids is 1. The molecule has 2 unspecified atom stereocenters. The second-order valence-corrected chi connectivity index (χ2v) is 4.35. The van der Waals surface area contributed by atoms with E-state index in [9.17, 15) is 14.4 Å². The molecule has 0 radical (unpaired) electrons. The van der Waals surface area contributed by atoms with Crippen molar-refractivity contribution in [3.05, 3.63) is 0 Å². The lowest BCUT2D eigenvalue weighted by Gasteiger charge is -2.21. The van der Waals surface area contributed by atoms with Gasteiger partial charge in [-0.2, -0.15) is 0 Å². The van der Waals surface area contributed by atoms with Crippen LogP contribution in [-0.2, 0) is 19.1 Å². The summed E-state index contributed by atoms with van der Waals surface area (Å²) in [4.78, 5) is 35.5. The molecule has 2 atom stereocenters. The zero-order chi connectivity index (χ0) is 13.7. The van der Waals surface area contributed by atoms with E-state index in [1.807, 2.05) is 6.92 Å². The minimum atomic E-state index is -0.944. The molecule has 1 aliphatic carbocycles. The van der Waals surface area contributed by atoms with Gasteiger partial charge in [-0.3, -0.25) is 14.4 Å². The summed E-state index contributed by atoms with van der Waals surface area (Å²) in [5, 5.41) is 8.79. The predicted molar refractivity (Wildman–Crippen MR) is 62.7 cm³/mol. The van der Waals surface area contributed by atoms with Gasteiger partial charge in [-0.25, -0.2) is 0 Å². The highest BCUT2D eigenvalue weighted by molar-refractivity contribution is 5.91. The fraction of sp³-hybridized carbons (Fsp3) is 0.750. The second kappa shape index (κ2) is 6.37. The van der Waals surface area contributed by atoms with Gasteiger partial charge in [0, 0.05) is 6.54 Å². The summed E-state index contributed by atoms with van der Waals surface area (Å²) in [5.41, 5.74) is 0. The lowest BCUT2D eigenvalue weighted by molar-refractivity contribution is -0.149. The minimum absolute atomic E-state index is 0.0939. The van der Waals surface area contributed by atoms with Crippen molar-refractivity contribution in [2.75, 3.05) is 19.7 Å². The van der Waals surface area contributed by atoms with E-state index in [4.69, 9.17) is 9.84 Å². The van der Waals surface area contributed by atoms with Gasteiger partial charge >= 0.3 is 11.9 Å². The molecular formula is C12H19NO5. The van der Waals surface area contributed by atoms with Crippen molar-refractivity contribution in [2.45, 2.75) is 26.7 Å². The molecule has 1 N–H and O–H groups in total. The van der Waals surface area contributed by atoms with Crippen molar-refractivity contribution >= 4 is 17.8 Å². The third-order valence-corrected chi connectivity index (χ3v) is 2.86. The molecule has 0 aromatic carbocycles. The summed E-state index contributed by atoms with van der Waals surface area (Å²) < 4.78 is 4.79. The largest absolute Gasteiger partial charge is 0.481 e. The van der Waals surface area contributed by atoms with Crippen LogP contribution in [0.15, 0.2) is 0 Å². The van der Waals surface area contributed by atoms with Crippen LogP contribution in [0.1, 0.15) is 26.7 Å². The Morgan fingerprint density at radius 3 is 2.39 bits per heavy atom. The average Bonchev–Trinajstić information content (AvgIpc) is 3.07. The van der Waals surface area contributed by atoms with Crippen LogP contribution in [0, 0.1) is 11.8 Å². The number of carbonyl (C=O) groups excluding carboxylic acids is 2. The maximum atomic E-state index is 12.0. The number of aliphatic carboxylic acids is 1. The molecule has 6 heteroatoms. The van der Waals surface area contributed by atoms with E-state index in [2.05, 4.69) is 0 Å². The van der Waals surface area contributed by atoms with Gasteiger partial charge in [0.2, 0.25) is 5.91 Å². The van der Waals surface area contributed by atoms with E-state index >= 15 is 0 Å². The molecule has 0 bridgehead atoms. The topological polar surface area (TPSA) is 83.9 Å². The maximum absolute atomic E-state index is 12.0. The van der Waals surface area contributed by atoms with Crippen LogP contribution in [0.3, 0.4) is 0 Å². The molecule has 6 nitrogen and oxygen atoms in total. The Kier molecular flexibility index (Phi) is 5.12. The molecule has 0 aromatic heterocycles. The number of rotatable bonds is 7. The smallest absolute Gasteiger partial charge is 0.325 e. The van der Waals surface area contributed by atoms with E-state index in [1.54, 1.807) is 6.92 Å². The monoisotopic (exact) mass is 257 g/mol. The summed E-state index contributed by atoms with van der Waals surface area (Å²) in [6.07, 6.45) is 1.09. The number of amides is 1. The number of nitrogens with zero attached hydrogens (tertiary/aromatic N) is 1. The molecule has 0 saturated heterocycles. The first-order valence-corrected chi connectivity index (χ1v) is 6.18. The standard InChI is InChI=1S/C12H19NO5/c1-3-5-13(7-10(14)18-4-2)11(15)8-6-9(8)12(16)17/h8-9H,3-7H2,1-2H3,(H,16,17). The van der Waals surface area contributed by atoms with Crippen LogP contribution < -0.4 is 0 Å². The van der Waals surface area contributed by atoms with E-state index in [1.165, 1.54) is 4.90 Å². The molecule has 0 heterocycles. The van der Waals surface area contributed by atoms with Crippen molar-refractivity contribution in [3.63, 3.8) is 0 Å². The second-order valence-electron chi connectivity index (χ2n) is 4.35. The van der Waals surface area contributed by atoms with E-state index < -0.39 is 23.8 Å². The average molecular weight is 257 g/mol. The van der Waals surface area contributed by atoms with Crippen molar-refractivity contribution in [1.82, 2.24) is 4.90 Å². The molecule has 1 rings (SSSR count). The molecule has 0 aliphatic heterocycles. The highest BCUT2D eigenvalue weighted by atomic mass is 16.5. The Bertz CT molecular complexity index is 341. The van der Waals surface area contributed by atoms with Gasteiger partial charge in [0.15, 0.2) is 0 Å². The summed E-state index contributed by atoms with van der Waals surface area (Å²) in [6, 6.07) is 0. The summed E-state index contributed by atoms with van der Waals surface area (Å²) in [7, 11) is 0. The summed E-state index contributed by atoms with van der Waals surface area (Å²) in [5.74, 6) is -2.70. The highest BCUT2D eigenvalue weighted by Gasteiger charge is 2.49. The Balaban J connectivity index is 2.54. The Labute approximate surface area is 106 Å². The first-order chi connectivity index (χ1) is 8.51. The van der Waals surface area contributed by atoms with Gasteiger partial charge in [0.25, 0.3) is 0 Å². The fourth-order valence-electron chi connectivity index (χ4n) is 1.87. The molecule has 1 amide bonds. The first kappa shape index (κ1) is 14.5. The quantitative estimate of drug-likeness (QED) is 0.672. The van der Waals surface area contributed by atoms with Crippen LogP contribution in [0.5, 0.6) is 0 Å². The zero-order valence-electron chi connectivity index (χ0n) is 10.7.